The largest absolute Gasteiger partial charge is 0.268 e. The van der Waals surface area contributed by atoms with Gasteiger partial charge in [0, 0.05) is 14.9 Å². The van der Waals surface area contributed by atoms with Crippen LogP contribution in [-0.2, 0) is 5.75 Å². The van der Waals surface area contributed by atoms with E-state index in [4.69, 9.17) is 39.8 Å². The first-order chi connectivity index (χ1) is 13.9. The van der Waals surface area contributed by atoms with Crippen LogP contribution in [0.2, 0.25) is 15.1 Å². The van der Waals surface area contributed by atoms with Crippen molar-refractivity contribution < 1.29 is 0 Å². The number of rotatable bonds is 4. The summed E-state index contributed by atoms with van der Waals surface area (Å²) in [6.45, 7) is 1.97. The first-order valence-electron chi connectivity index (χ1n) is 8.79. The maximum absolute atomic E-state index is 13.4. The van der Waals surface area contributed by atoms with Gasteiger partial charge < -0.3 is 0 Å². The topological polar surface area (TPSA) is 34.9 Å². The van der Waals surface area contributed by atoms with Crippen molar-refractivity contribution in [3.63, 3.8) is 0 Å². The van der Waals surface area contributed by atoms with Crippen LogP contribution in [0.25, 0.3) is 16.6 Å². The fraction of sp³-hybridized carbons (Fsp3) is 0.0909. The van der Waals surface area contributed by atoms with Crippen LogP contribution < -0.4 is 5.56 Å². The van der Waals surface area contributed by atoms with Crippen LogP contribution in [0.4, 0.5) is 0 Å². The molecule has 3 aromatic carbocycles. The highest BCUT2D eigenvalue weighted by Gasteiger charge is 2.15. The van der Waals surface area contributed by atoms with Gasteiger partial charge in [-0.1, -0.05) is 53.0 Å². The zero-order valence-electron chi connectivity index (χ0n) is 15.3. The van der Waals surface area contributed by atoms with Gasteiger partial charge in [0.2, 0.25) is 0 Å². The maximum atomic E-state index is 13.4. The van der Waals surface area contributed by atoms with Crippen molar-refractivity contribution in [3.8, 4) is 5.69 Å². The van der Waals surface area contributed by atoms with E-state index < -0.39 is 0 Å². The Bertz CT molecular complexity index is 1290. The molecule has 0 spiro atoms. The van der Waals surface area contributed by atoms with Gasteiger partial charge in [-0.2, -0.15) is 0 Å². The van der Waals surface area contributed by atoms with Crippen molar-refractivity contribution in [2.24, 2.45) is 0 Å². The predicted octanol–water partition coefficient (Wildman–Crippen LogP) is 6.95. The first-order valence-corrected chi connectivity index (χ1v) is 10.9. The lowest BCUT2D eigenvalue weighted by Gasteiger charge is -2.16. The van der Waals surface area contributed by atoms with E-state index >= 15 is 0 Å². The first kappa shape index (κ1) is 20.3. The van der Waals surface area contributed by atoms with Gasteiger partial charge in [0.05, 0.1) is 27.4 Å². The molecule has 0 aliphatic carbocycles. The van der Waals surface area contributed by atoms with Crippen molar-refractivity contribution in [3.05, 3.63) is 97.5 Å². The summed E-state index contributed by atoms with van der Waals surface area (Å²) in [5, 5.41) is 2.20. The molecule has 3 nitrogen and oxygen atoms in total. The normalized spacial score (nSPS) is 11.2. The van der Waals surface area contributed by atoms with Crippen LogP contribution in [0.1, 0.15) is 11.4 Å². The predicted molar refractivity (Wildman–Crippen MR) is 123 cm³/mol. The highest BCUT2D eigenvalue weighted by Crippen LogP contribution is 2.32. The Labute approximate surface area is 187 Å². The molecule has 1 aromatic heterocycles. The van der Waals surface area contributed by atoms with Crippen LogP contribution in [-0.4, -0.2) is 9.55 Å². The van der Waals surface area contributed by atoms with Crippen LogP contribution in [0, 0.1) is 6.92 Å². The minimum absolute atomic E-state index is 0.153. The summed E-state index contributed by atoms with van der Waals surface area (Å²) in [7, 11) is 0. The molecule has 4 rings (SSSR count). The monoisotopic (exact) mass is 460 g/mol. The molecule has 146 valence electrons. The number of hydrogen-bond donors (Lipinski definition) is 0. The zero-order chi connectivity index (χ0) is 20.5. The highest BCUT2D eigenvalue weighted by atomic mass is 35.5. The summed E-state index contributed by atoms with van der Waals surface area (Å²) in [6.07, 6.45) is 0. The number of para-hydroxylation sites is 1. The molecule has 0 aliphatic rings. The molecule has 0 saturated heterocycles. The lowest BCUT2D eigenvalue weighted by atomic mass is 10.2. The molecule has 4 aromatic rings. The molecule has 0 radical (unpaired) electrons. The van der Waals surface area contributed by atoms with E-state index in [9.17, 15) is 4.79 Å². The van der Waals surface area contributed by atoms with E-state index in [1.54, 1.807) is 34.9 Å². The minimum Gasteiger partial charge on any atom is -0.268 e. The van der Waals surface area contributed by atoms with Gasteiger partial charge in [0.1, 0.15) is 5.82 Å². The fourth-order valence-electron chi connectivity index (χ4n) is 3.09. The molecule has 7 heteroatoms. The van der Waals surface area contributed by atoms with E-state index in [0.29, 0.717) is 37.5 Å². The molecule has 0 aliphatic heterocycles. The molecule has 0 atom stereocenters. The number of aromatic nitrogens is 2. The van der Waals surface area contributed by atoms with Crippen LogP contribution in [0.5, 0.6) is 0 Å². The molecule has 0 unspecified atom stereocenters. The second kappa shape index (κ2) is 8.41. The van der Waals surface area contributed by atoms with Crippen molar-refractivity contribution in [2.75, 3.05) is 0 Å². The van der Waals surface area contributed by atoms with Crippen molar-refractivity contribution in [1.82, 2.24) is 9.55 Å². The smallest absolute Gasteiger partial charge is 0.266 e. The molecular weight excluding hydrogens is 447 g/mol. The average molecular weight is 462 g/mol. The standard InChI is InChI=1S/C22H15Cl3N2OS/c1-13-4-2-3-5-19(13)27-21(12-29-20-11-15(24)6-8-17(20)25)26-18-9-7-14(23)10-16(18)22(27)28/h2-11H,12H2,1H3. The minimum atomic E-state index is -0.153. The van der Waals surface area contributed by atoms with Crippen molar-refractivity contribution >= 4 is 57.5 Å². The number of aryl methyl sites for hydroxylation is 1. The number of hydrogen-bond acceptors (Lipinski definition) is 3. The number of nitrogens with zero attached hydrogens (tertiary/aromatic N) is 2. The van der Waals surface area contributed by atoms with E-state index in [0.717, 1.165) is 16.1 Å². The Kier molecular flexibility index (Phi) is 5.88. The molecule has 1 heterocycles. The van der Waals surface area contributed by atoms with Crippen LogP contribution in [0.15, 0.2) is 70.4 Å². The van der Waals surface area contributed by atoms with E-state index in [1.807, 2.05) is 37.3 Å². The van der Waals surface area contributed by atoms with Gasteiger partial charge in [-0.05, 0) is 55.0 Å². The molecule has 0 saturated carbocycles. The average Bonchev–Trinajstić information content (AvgIpc) is 2.70. The lowest BCUT2D eigenvalue weighted by molar-refractivity contribution is 0.877. The number of thioether (sulfide) groups is 1. The quantitative estimate of drug-likeness (QED) is 0.308. The van der Waals surface area contributed by atoms with Gasteiger partial charge in [-0.25, -0.2) is 4.98 Å². The van der Waals surface area contributed by atoms with Crippen molar-refractivity contribution in [1.29, 1.82) is 0 Å². The summed E-state index contributed by atoms with van der Waals surface area (Å²) in [4.78, 5) is 19.0. The van der Waals surface area contributed by atoms with Gasteiger partial charge in [0.15, 0.2) is 0 Å². The molecule has 0 bridgehead atoms. The third-order valence-electron chi connectivity index (χ3n) is 4.51. The van der Waals surface area contributed by atoms with Gasteiger partial charge in [0.25, 0.3) is 5.56 Å². The van der Waals surface area contributed by atoms with E-state index in [-0.39, 0.29) is 5.56 Å². The highest BCUT2D eigenvalue weighted by molar-refractivity contribution is 7.98. The Morgan fingerprint density at radius 2 is 1.69 bits per heavy atom. The van der Waals surface area contributed by atoms with E-state index in [1.165, 1.54) is 11.8 Å². The summed E-state index contributed by atoms with van der Waals surface area (Å²) >= 11 is 20.0. The third kappa shape index (κ3) is 4.17. The second-order valence-corrected chi connectivity index (χ2v) is 8.78. The molecule has 0 amide bonds. The summed E-state index contributed by atoms with van der Waals surface area (Å²) in [5.41, 5.74) is 2.22. The number of fused-ring (bicyclic) bond motifs is 1. The summed E-state index contributed by atoms with van der Waals surface area (Å²) in [5.74, 6) is 1.07. The maximum Gasteiger partial charge on any atom is 0.266 e. The Morgan fingerprint density at radius 3 is 2.48 bits per heavy atom. The molecule has 0 fully saturated rings. The molecular formula is C22H15Cl3N2OS. The summed E-state index contributed by atoms with van der Waals surface area (Å²) in [6, 6.07) is 18.2. The Balaban J connectivity index is 1.89. The molecule has 0 N–H and O–H groups in total. The van der Waals surface area contributed by atoms with Gasteiger partial charge in [-0.3, -0.25) is 9.36 Å². The fourth-order valence-corrected chi connectivity index (χ4v) is 4.68. The zero-order valence-corrected chi connectivity index (χ0v) is 18.4. The van der Waals surface area contributed by atoms with Gasteiger partial charge >= 0.3 is 0 Å². The Hall–Kier alpha value is -1.98. The molecule has 29 heavy (non-hydrogen) atoms. The van der Waals surface area contributed by atoms with Gasteiger partial charge in [-0.15, -0.1) is 11.8 Å². The second-order valence-electron chi connectivity index (χ2n) is 6.48. The third-order valence-corrected chi connectivity index (χ3v) is 6.47. The lowest BCUT2D eigenvalue weighted by Crippen LogP contribution is -2.24. The van der Waals surface area contributed by atoms with Crippen LogP contribution >= 0.6 is 46.6 Å². The number of benzene rings is 3. The number of halogens is 3. The Morgan fingerprint density at radius 1 is 0.966 bits per heavy atom. The summed E-state index contributed by atoms with van der Waals surface area (Å²) < 4.78 is 1.65. The van der Waals surface area contributed by atoms with Crippen molar-refractivity contribution in [2.45, 2.75) is 17.6 Å². The van der Waals surface area contributed by atoms with Crippen LogP contribution in [0.3, 0.4) is 0 Å². The van der Waals surface area contributed by atoms with E-state index in [2.05, 4.69) is 0 Å². The SMILES string of the molecule is Cc1ccccc1-n1c(CSc2cc(Cl)ccc2Cl)nc2ccc(Cl)cc2c1=O.